The Bertz CT molecular complexity index is 2360. The number of amides is 1. The molecule has 5 atom stereocenters. The van der Waals surface area contributed by atoms with Gasteiger partial charge in [-0.25, -0.2) is 14.4 Å². The summed E-state index contributed by atoms with van der Waals surface area (Å²) in [5.41, 5.74) is 4.65. The van der Waals surface area contributed by atoms with Gasteiger partial charge in [-0.15, -0.1) is 0 Å². The number of carbonyl (C=O) groups excluding carboxylic acids is 1. The van der Waals surface area contributed by atoms with E-state index in [1.807, 2.05) is 17.9 Å². The molecule has 6 heterocycles. The molecular formula is C40H34Cl2FN7O2. The number of pyridine rings is 2. The summed E-state index contributed by atoms with van der Waals surface area (Å²) >= 11 is 13.1. The Labute approximate surface area is 309 Å². The molecule has 5 aliphatic rings. The summed E-state index contributed by atoms with van der Waals surface area (Å²) in [6.45, 7) is 3.21. The minimum absolute atomic E-state index is 0.00595. The highest BCUT2D eigenvalue weighted by molar-refractivity contribution is 6.43. The van der Waals surface area contributed by atoms with Gasteiger partial charge in [0.1, 0.15) is 17.7 Å². The van der Waals surface area contributed by atoms with E-state index < -0.39 is 5.82 Å². The number of likely N-dealkylation sites (tertiary alicyclic amines) is 1. The standard InChI is InChI=1S/C40H34Cl2FN7O2/c1-20-27-15-32(31-14-25(19-49(31)40(51)22-8-9-22)52-33-10-7-21(16-45)17-47-33)50(38-24-13-30(38)46-18-24)39(27)28-12-23(4-3-11-44)34(36(43)37(28)48-20)26-5-2-6-29(41)35(26)42/h2,5-7,10,12,15,17,22,24-25,30-31,38,46H,3-4,8-9,13-14,18-19H2,1H3/t24-,25+,30-,31-,38+/m1/s1. The van der Waals surface area contributed by atoms with Gasteiger partial charge < -0.3 is 19.5 Å². The summed E-state index contributed by atoms with van der Waals surface area (Å²) in [6, 6.07) is 17.0. The largest absolute Gasteiger partial charge is 0.472 e. The number of carbonyl (C=O) groups is 1. The second-order valence-corrected chi connectivity index (χ2v) is 15.3. The Morgan fingerprint density at radius 3 is 2.67 bits per heavy atom. The predicted molar refractivity (Wildman–Crippen MR) is 195 cm³/mol. The molecule has 0 radical (unpaired) electrons. The van der Waals surface area contributed by atoms with Crippen molar-refractivity contribution >= 4 is 50.9 Å². The summed E-state index contributed by atoms with van der Waals surface area (Å²) < 4.78 is 25.9. The molecule has 3 aromatic heterocycles. The van der Waals surface area contributed by atoms with E-state index in [0.29, 0.717) is 69.5 Å². The van der Waals surface area contributed by atoms with Crippen molar-refractivity contribution in [3.8, 4) is 29.1 Å². The third kappa shape index (κ3) is 5.31. The average Bonchev–Trinajstić information content (AvgIpc) is 3.43. The second-order valence-electron chi connectivity index (χ2n) is 14.5. The Hall–Kier alpha value is -4.74. The number of hydrogen-bond donors (Lipinski definition) is 1. The minimum atomic E-state index is -0.501. The molecule has 5 aromatic rings. The Morgan fingerprint density at radius 1 is 1.13 bits per heavy atom. The lowest BCUT2D eigenvalue weighted by Crippen LogP contribution is -2.41. The molecule has 2 aliphatic carbocycles. The van der Waals surface area contributed by atoms with Crippen LogP contribution in [-0.2, 0) is 11.2 Å². The van der Waals surface area contributed by atoms with Gasteiger partial charge in [-0.2, -0.15) is 10.5 Å². The van der Waals surface area contributed by atoms with Crippen LogP contribution in [0.3, 0.4) is 0 Å². The third-order valence-electron chi connectivity index (χ3n) is 11.4. The average molecular weight is 735 g/mol. The molecule has 0 unspecified atom stereocenters. The predicted octanol–water partition coefficient (Wildman–Crippen LogP) is 8.00. The second kappa shape index (κ2) is 12.7. The summed E-state index contributed by atoms with van der Waals surface area (Å²) in [7, 11) is 0. The lowest BCUT2D eigenvalue weighted by Gasteiger charge is -2.39. The first kappa shape index (κ1) is 33.1. The fourth-order valence-corrected chi connectivity index (χ4v) is 9.15. The van der Waals surface area contributed by atoms with Crippen LogP contribution in [-0.4, -0.2) is 50.6 Å². The van der Waals surface area contributed by atoms with E-state index in [-0.39, 0.29) is 53.0 Å². The molecular weight excluding hydrogens is 700 g/mol. The number of nitrogens with one attached hydrogen (secondary N) is 1. The number of aryl methyl sites for hydroxylation is 2. The van der Waals surface area contributed by atoms with Gasteiger partial charge in [0.05, 0.1) is 45.8 Å². The molecule has 0 spiro atoms. The van der Waals surface area contributed by atoms with E-state index in [4.69, 9.17) is 32.9 Å². The van der Waals surface area contributed by atoms with Gasteiger partial charge in [-0.3, -0.25) is 4.79 Å². The lowest BCUT2D eigenvalue weighted by molar-refractivity contribution is -0.133. The maximum Gasteiger partial charge on any atom is 0.226 e. The molecule has 262 valence electrons. The maximum absolute atomic E-state index is 17.2. The zero-order chi connectivity index (χ0) is 35.8. The summed E-state index contributed by atoms with van der Waals surface area (Å²) in [4.78, 5) is 25.2. The molecule has 52 heavy (non-hydrogen) atoms. The molecule has 1 N–H and O–H groups in total. The topological polar surface area (TPSA) is 120 Å². The first-order chi connectivity index (χ1) is 25.2. The van der Waals surface area contributed by atoms with Crippen molar-refractivity contribution in [2.24, 2.45) is 11.8 Å². The third-order valence-corrected chi connectivity index (χ3v) is 12.2. The number of aromatic nitrogens is 3. The van der Waals surface area contributed by atoms with Gasteiger partial charge in [-0.05, 0) is 68.4 Å². The maximum atomic E-state index is 17.2. The van der Waals surface area contributed by atoms with E-state index in [2.05, 4.69) is 33.1 Å². The summed E-state index contributed by atoms with van der Waals surface area (Å²) in [5, 5.41) is 24.6. The molecule has 12 heteroatoms. The quantitative estimate of drug-likeness (QED) is 0.172. The van der Waals surface area contributed by atoms with Crippen molar-refractivity contribution in [2.45, 2.75) is 69.7 Å². The number of nitrogens with zero attached hydrogens (tertiary/aromatic N) is 6. The van der Waals surface area contributed by atoms with Crippen molar-refractivity contribution < 1.29 is 13.9 Å². The van der Waals surface area contributed by atoms with Crippen molar-refractivity contribution in [1.29, 1.82) is 10.5 Å². The van der Waals surface area contributed by atoms with Gasteiger partial charge in [0.15, 0.2) is 5.82 Å². The number of fused-ring (bicyclic) bond motifs is 4. The number of halogens is 3. The zero-order valence-corrected chi connectivity index (χ0v) is 29.9. The zero-order valence-electron chi connectivity index (χ0n) is 28.4. The fourth-order valence-electron chi connectivity index (χ4n) is 8.76. The molecule has 5 fully saturated rings. The van der Waals surface area contributed by atoms with Gasteiger partial charge in [0.25, 0.3) is 0 Å². The highest BCUT2D eigenvalue weighted by atomic mass is 35.5. The summed E-state index contributed by atoms with van der Waals surface area (Å²) in [5.74, 6) is 0.430. The normalized spacial score (nSPS) is 23.5. The first-order valence-corrected chi connectivity index (χ1v) is 18.6. The molecule has 2 saturated carbocycles. The molecule has 2 bridgehead atoms. The van der Waals surface area contributed by atoms with Crippen LogP contribution >= 0.6 is 23.2 Å². The molecule has 10 rings (SSSR count). The lowest BCUT2D eigenvalue weighted by atomic mass is 9.79. The number of rotatable bonds is 8. The SMILES string of the molecule is Cc1nc2c(F)c(-c3cccc(Cl)c3Cl)c(CCC#N)cc2c2c1cc([C@H]1C[C@H](Oc3ccc(C#N)cn3)CN1C(=O)C1CC1)n2[C@H]1[C@H]2CN[C@@H]1C2. The number of nitriles is 2. The van der Waals surface area contributed by atoms with E-state index in [0.717, 1.165) is 42.4 Å². The van der Waals surface area contributed by atoms with Crippen LogP contribution in [0, 0.1) is 47.2 Å². The Morgan fingerprint density at radius 2 is 1.98 bits per heavy atom. The van der Waals surface area contributed by atoms with Crippen LogP contribution in [0.25, 0.3) is 32.9 Å². The van der Waals surface area contributed by atoms with E-state index in [9.17, 15) is 15.3 Å². The van der Waals surface area contributed by atoms with Crippen LogP contribution in [0.15, 0.2) is 48.7 Å². The highest BCUT2D eigenvalue weighted by Crippen LogP contribution is 2.51. The summed E-state index contributed by atoms with van der Waals surface area (Å²) in [6.07, 6.45) is 5.04. The van der Waals surface area contributed by atoms with E-state index >= 15 is 4.39 Å². The number of ether oxygens (including phenoxy) is 1. The monoisotopic (exact) mass is 733 g/mol. The first-order valence-electron chi connectivity index (χ1n) is 17.8. The van der Waals surface area contributed by atoms with Crippen molar-refractivity contribution in [3.05, 3.63) is 87.0 Å². The Balaban J connectivity index is 1.24. The smallest absolute Gasteiger partial charge is 0.226 e. The van der Waals surface area contributed by atoms with E-state index in [1.165, 1.54) is 6.20 Å². The van der Waals surface area contributed by atoms with Crippen LogP contribution in [0.2, 0.25) is 10.0 Å². The van der Waals surface area contributed by atoms with Gasteiger partial charge >= 0.3 is 0 Å². The molecule has 2 aromatic carbocycles. The molecule has 1 amide bonds. The molecule has 9 nitrogen and oxygen atoms in total. The highest BCUT2D eigenvalue weighted by Gasteiger charge is 2.51. The number of benzene rings is 2. The number of hydrogen-bond acceptors (Lipinski definition) is 7. The molecule has 3 aliphatic heterocycles. The van der Waals surface area contributed by atoms with Crippen molar-refractivity contribution in [3.63, 3.8) is 0 Å². The van der Waals surface area contributed by atoms with Crippen LogP contribution in [0.1, 0.15) is 66.7 Å². The van der Waals surface area contributed by atoms with Crippen LogP contribution in [0.5, 0.6) is 5.88 Å². The van der Waals surface area contributed by atoms with Crippen LogP contribution in [0.4, 0.5) is 4.39 Å². The fraction of sp³-hybridized carbons (Fsp3) is 0.375. The van der Waals surface area contributed by atoms with Crippen LogP contribution < -0.4 is 10.1 Å². The minimum Gasteiger partial charge on any atom is -0.472 e. The van der Waals surface area contributed by atoms with Gasteiger partial charge in [0, 0.05) is 76.9 Å². The molecule has 3 saturated heterocycles. The van der Waals surface area contributed by atoms with Gasteiger partial charge in [0.2, 0.25) is 11.8 Å². The van der Waals surface area contributed by atoms with Crippen molar-refractivity contribution in [2.75, 3.05) is 13.1 Å². The van der Waals surface area contributed by atoms with Gasteiger partial charge in [-0.1, -0.05) is 35.3 Å². The van der Waals surface area contributed by atoms with E-state index in [1.54, 1.807) is 30.3 Å². The Kier molecular flexibility index (Phi) is 8.11. The van der Waals surface area contributed by atoms with Crippen molar-refractivity contribution in [1.82, 2.24) is 24.8 Å².